The lowest BCUT2D eigenvalue weighted by atomic mass is 10.3. The van der Waals surface area contributed by atoms with E-state index in [4.69, 9.17) is 0 Å². The van der Waals surface area contributed by atoms with Crippen LogP contribution in [0.1, 0.15) is 12.8 Å². The number of unbranched alkanes of at least 4 members (excludes halogenated alkanes) is 1. The normalized spacial score (nSPS) is 11.3. The fourth-order valence-electron chi connectivity index (χ4n) is 1.11. The van der Waals surface area contributed by atoms with Gasteiger partial charge < -0.3 is 4.79 Å². The minimum Gasteiger partial charge on any atom is -0.303 e. The van der Waals surface area contributed by atoms with Crippen LogP contribution in [-0.2, 0) is 14.8 Å². The molecule has 1 aromatic carbocycles. The highest BCUT2D eigenvalue weighted by Gasteiger charge is 2.12. The number of hydrogen-bond donors (Lipinski definition) is 1. The van der Waals surface area contributed by atoms with Crippen LogP contribution in [0.4, 0.5) is 0 Å². The van der Waals surface area contributed by atoms with Gasteiger partial charge in [-0.3, -0.25) is 0 Å². The first-order valence-electron chi connectivity index (χ1n) is 4.75. The number of benzene rings is 1. The average Bonchev–Trinajstić information content (AvgIpc) is 2.24. The van der Waals surface area contributed by atoms with Crippen LogP contribution in [0.3, 0.4) is 0 Å². The van der Waals surface area contributed by atoms with Gasteiger partial charge in [0.1, 0.15) is 6.29 Å². The zero-order valence-electron chi connectivity index (χ0n) is 8.52. The molecule has 4 nitrogen and oxygen atoms in total. The van der Waals surface area contributed by atoms with E-state index in [1.54, 1.807) is 12.1 Å². The molecule has 1 aromatic rings. The molecule has 16 heavy (non-hydrogen) atoms. The Morgan fingerprint density at radius 3 is 2.75 bits per heavy atom. The van der Waals surface area contributed by atoms with Crippen molar-refractivity contribution in [2.75, 3.05) is 6.54 Å². The number of rotatable bonds is 6. The van der Waals surface area contributed by atoms with Crippen LogP contribution in [0, 0.1) is 0 Å². The van der Waals surface area contributed by atoms with Gasteiger partial charge in [-0.05, 0) is 24.6 Å². The summed E-state index contributed by atoms with van der Waals surface area (Å²) in [6, 6.07) is 6.46. The number of hydrogen-bond acceptors (Lipinski definition) is 3. The van der Waals surface area contributed by atoms with Crippen molar-refractivity contribution >= 4 is 32.2 Å². The van der Waals surface area contributed by atoms with E-state index in [9.17, 15) is 13.2 Å². The zero-order valence-corrected chi connectivity index (χ0v) is 10.9. The predicted octanol–water partition coefficient (Wildman–Crippen LogP) is 1.71. The van der Waals surface area contributed by atoms with Gasteiger partial charge in [-0.25, -0.2) is 13.1 Å². The highest BCUT2D eigenvalue weighted by Crippen LogP contribution is 2.15. The van der Waals surface area contributed by atoms with Crippen LogP contribution in [0.25, 0.3) is 0 Å². The van der Waals surface area contributed by atoms with Gasteiger partial charge in [-0.15, -0.1) is 0 Å². The van der Waals surface area contributed by atoms with Crippen molar-refractivity contribution in [1.82, 2.24) is 4.72 Å². The highest BCUT2D eigenvalue weighted by molar-refractivity contribution is 9.10. The van der Waals surface area contributed by atoms with Crippen molar-refractivity contribution in [3.8, 4) is 0 Å². The van der Waals surface area contributed by atoms with E-state index in [2.05, 4.69) is 20.7 Å². The maximum Gasteiger partial charge on any atom is 0.240 e. The van der Waals surface area contributed by atoms with Crippen LogP contribution in [0.15, 0.2) is 33.6 Å². The molecule has 1 N–H and O–H groups in total. The fourth-order valence-corrected chi connectivity index (χ4v) is 2.78. The number of sulfonamides is 1. The largest absolute Gasteiger partial charge is 0.303 e. The molecule has 0 aliphatic rings. The molecule has 6 heteroatoms. The van der Waals surface area contributed by atoms with Gasteiger partial charge >= 0.3 is 0 Å². The van der Waals surface area contributed by atoms with Crippen molar-refractivity contribution in [2.45, 2.75) is 17.7 Å². The Bertz CT molecular complexity index is 459. The van der Waals surface area contributed by atoms with Crippen molar-refractivity contribution in [3.05, 3.63) is 28.7 Å². The molecule has 0 atom stereocenters. The molecule has 0 fully saturated rings. The van der Waals surface area contributed by atoms with Crippen LogP contribution in [0.5, 0.6) is 0 Å². The SMILES string of the molecule is O=CCCCNS(=O)(=O)c1cccc(Br)c1. The van der Waals surface area contributed by atoms with Gasteiger partial charge in [-0.1, -0.05) is 22.0 Å². The van der Waals surface area contributed by atoms with Crippen LogP contribution in [0.2, 0.25) is 0 Å². The maximum absolute atomic E-state index is 11.7. The third-order valence-corrected chi connectivity index (χ3v) is 3.85. The summed E-state index contributed by atoms with van der Waals surface area (Å²) in [4.78, 5) is 10.3. The standard InChI is InChI=1S/C10H12BrNO3S/c11-9-4-3-5-10(8-9)16(14,15)12-6-1-2-7-13/h3-5,7-8,12H,1-2,6H2. The Morgan fingerprint density at radius 2 is 2.12 bits per heavy atom. The second kappa shape index (κ2) is 6.12. The molecule has 0 amide bonds. The molecule has 0 aliphatic carbocycles. The van der Waals surface area contributed by atoms with Crippen molar-refractivity contribution < 1.29 is 13.2 Å². The molecular formula is C10H12BrNO3S. The third kappa shape index (κ3) is 4.03. The number of carbonyl (C=O) groups excluding carboxylic acids is 1. The Balaban J connectivity index is 2.67. The van der Waals surface area contributed by atoms with E-state index < -0.39 is 10.0 Å². The van der Waals surface area contributed by atoms with Crippen molar-refractivity contribution in [3.63, 3.8) is 0 Å². The van der Waals surface area contributed by atoms with Crippen LogP contribution in [-0.4, -0.2) is 21.2 Å². The molecule has 0 radical (unpaired) electrons. The summed E-state index contributed by atoms with van der Waals surface area (Å²) in [6.45, 7) is 0.271. The van der Waals surface area contributed by atoms with Gasteiger partial charge in [0.15, 0.2) is 0 Å². The lowest BCUT2D eigenvalue weighted by Gasteiger charge is -2.05. The van der Waals surface area contributed by atoms with E-state index in [1.807, 2.05) is 0 Å². The second-order valence-corrected chi connectivity index (χ2v) is 5.85. The molecule has 0 aliphatic heterocycles. The molecule has 0 aromatic heterocycles. The van der Waals surface area contributed by atoms with E-state index in [-0.39, 0.29) is 11.4 Å². The number of nitrogens with one attached hydrogen (secondary N) is 1. The minimum absolute atomic E-state index is 0.216. The molecule has 0 saturated carbocycles. The highest BCUT2D eigenvalue weighted by atomic mass is 79.9. The Hall–Kier alpha value is -0.720. The second-order valence-electron chi connectivity index (χ2n) is 3.16. The molecule has 0 bridgehead atoms. The van der Waals surface area contributed by atoms with Crippen LogP contribution >= 0.6 is 15.9 Å². The van der Waals surface area contributed by atoms with Gasteiger partial charge in [0.25, 0.3) is 0 Å². The first kappa shape index (κ1) is 13.3. The van der Waals surface area contributed by atoms with Gasteiger partial charge in [-0.2, -0.15) is 0 Å². The van der Waals surface area contributed by atoms with Gasteiger partial charge in [0.2, 0.25) is 10.0 Å². The third-order valence-electron chi connectivity index (χ3n) is 1.90. The van der Waals surface area contributed by atoms with E-state index in [0.29, 0.717) is 17.3 Å². The minimum atomic E-state index is -3.46. The molecule has 0 heterocycles. The quantitative estimate of drug-likeness (QED) is 0.643. The summed E-state index contributed by atoms with van der Waals surface area (Å²) < 4.78 is 26.6. The van der Waals surface area contributed by atoms with Gasteiger partial charge in [0.05, 0.1) is 4.90 Å². The Labute approximate surface area is 103 Å². The summed E-state index contributed by atoms with van der Waals surface area (Å²) in [5.41, 5.74) is 0. The number of aldehydes is 1. The first-order chi connectivity index (χ1) is 7.56. The van der Waals surface area contributed by atoms with E-state index >= 15 is 0 Å². The van der Waals surface area contributed by atoms with E-state index in [0.717, 1.165) is 6.29 Å². The number of halogens is 1. The first-order valence-corrected chi connectivity index (χ1v) is 7.03. The predicted molar refractivity (Wildman–Crippen MR) is 64.6 cm³/mol. The molecule has 0 saturated heterocycles. The zero-order chi connectivity index (χ0) is 12.0. The average molecular weight is 306 g/mol. The molecule has 1 rings (SSSR count). The Morgan fingerprint density at radius 1 is 1.38 bits per heavy atom. The molecule has 88 valence electrons. The molecule has 0 unspecified atom stereocenters. The fraction of sp³-hybridized carbons (Fsp3) is 0.300. The topological polar surface area (TPSA) is 63.2 Å². The summed E-state index contributed by atoms with van der Waals surface area (Å²) in [6.07, 6.45) is 1.64. The Kier molecular flexibility index (Phi) is 5.11. The summed E-state index contributed by atoms with van der Waals surface area (Å²) >= 11 is 3.21. The molecule has 0 spiro atoms. The van der Waals surface area contributed by atoms with Crippen LogP contribution < -0.4 is 4.72 Å². The summed E-state index contributed by atoms with van der Waals surface area (Å²) in [5, 5.41) is 0. The van der Waals surface area contributed by atoms with E-state index in [1.165, 1.54) is 12.1 Å². The lowest BCUT2D eigenvalue weighted by Crippen LogP contribution is -2.24. The molecular weight excluding hydrogens is 294 g/mol. The lowest BCUT2D eigenvalue weighted by molar-refractivity contribution is -0.107. The van der Waals surface area contributed by atoms with Crippen molar-refractivity contribution in [2.24, 2.45) is 0 Å². The summed E-state index contributed by atoms with van der Waals surface area (Å²) in [7, 11) is -3.46. The van der Waals surface area contributed by atoms with Gasteiger partial charge in [0, 0.05) is 17.4 Å². The summed E-state index contributed by atoms with van der Waals surface area (Å²) in [5.74, 6) is 0. The monoisotopic (exact) mass is 305 g/mol. The smallest absolute Gasteiger partial charge is 0.240 e. The number of carbonyl (C=O) groups is 1. The maximum atomic E-state index is 11.7. The van der Waals surface area contributed by atoms with Crippen molar-refractivity contribution in [1.29, 1.82) is 0 Å².